The number of rotatable bonds is 4. The maximum Gasteiger partial charge on any atom is 0.254 e. The zero-order valence-corrected chi connectivity index (χ0v) is 16.5. The molecule has 1 aliphatic rings. The van der Waals surface area contributed by atoms with Gasteiger partial charge in [-0.2, -0.15) is 0 Å². The molecule has 7 heteroatoms. The molecule has 1 fully saturated rings. The first kappa shape index (κ1) is 19.1. The first-order valence-corrected chi connectivity index (χ1v) is 9.25. The third-order valence-electron chi connectivity index (χ3n) is 4.39. The molecular weight excluding hydrogens is 340 g/mol. The predicted molar refractivity (Wildman–Crippen MR) is 109 cm³/mol. The van der Waals surface area contributed by atoms with E-state index < -0.39 is 0 Å². The molecule has 1 aromatic heterocycles. The lowest BCUT2D eigenvalue weighted by Crippen LogP contribution is -2.44. The lowest BCUT2D eigenvalue weighted by atomic mass is 10.1. The van der Waals surface area contributed by atoms with Gasteiger partial charge in [0.05, 0.1) is 5.56 Å². The fraction of sp³-hybridized carbons (Fsp3) is 0.450. The number of nitrogens with one attached hydrogen (secondary N) is 2. The molecule has 0 radical (unpaired) electrons. The van der Waals surface area contributed by atoms with Crippen molar-refractivity contribution >= 4 is 23.2 Å². The summed E-state index contributed by atoms with van der Waals surface area (Å²) in [7, 11) is 2.16. The monoisotopic (exact) mass is 368 g/mol. The molecule has 0 atom stereocenters. The number of hydrogen-bond donors (Lipinski definition) is 2. The Hall–Kier alpha value is -2.67. The number of carbonyl (C=O) groups is 1. The summed E-state index contributed by atoms with van der Waals surface area (Å²) in [4.78, 5) is 25.3. The maximum absolute atomic E-state index is 12.1. The predicted octanol–water partition coefficient (Wildman–Crippen LogP) is 2.50. The van der Waals surface area contributed by atoms with E-state index in [1.54, 1.807) is 0 Å². The first-order valence-electron chi connectivity index (χ1n) is 9.25. The minimum atomic E-state index is -0.292. The summed E-state index contributed by atoms with van der Waals surface area (Å²) in [6.45, 7) is 10.1. The van der Waals surface area contributed by atoms with Crippen LogP contribution >= 0.6 is 0 Å². The number of amides is 1. The van der Waals surface area contributed by atoms with Crippen LogP contribution in [0.2, 0.25) is 0 Å². The molecule has 27 heavy (non-hydrogen) atoms. The molecule has 0 bridgehead atoms. The largest absolute Gasteiger partial charge is 0.369 e. The molecule has 0 spiro atoms. The number of likely N-dealkylation sites (N-methyl/N-ethyl adjacent to an activating group) is 1. The van der Waals surface area contributed by atoms with Crippen LogP contribution in [-0.2, 0) is 0 Å². The van der Waals surface area contributed by atoms with Crippen LogP contribution in [0.25, 0.3) is 0 Å². The maximum atomic E-state index is 12.1. The van der Waals surface area contributed by atoms with Gasteiger partial charge >= 0.3 is 0 Å². The number of carbonyl (C=O) groups excluding carboxylic acids is 1. The zero-order chi connectivity index (χ0) is 19.4. The molecule has 1 amide bonds. The van der Waals surface area contributed by atoms with E-state index in [4.69, 9.17) is 0 Å². The summed E-state index contributed by atoms with van der Waals surface area (Å²) >= 11 is 0. The molecule has 2 heterocycles. The van der Waals surface area contributed by atoms with Gasteiger partial charge < -0.3 is 20.4 Å². The molecule has 2 N–H and O–H groups in total. The minimum Gasteiger partial charge on any atom is -0.369 e. The standard InChI is InChI=1S/C20H28N6O/c1-20(2,3)24-18(27)15-13-21-19(22-14-15)23-16-5-7-17(8-6-16)26-11-9-25(4)10-12-26/h5-8,13-14H,9-12H2,1-4H3,(H,24,27)(H,21,22,23). The van der Waals surface area contributed by atoms with Crippen molar-refractivity contribution in [2.45, 2.75) is 26.3 Å². The van der Waals surface area contributed by atoms with Gasteiger partial charge in [-0.25, -0.2) is 9.97 Å². The van der Waals surface area contributed by atoms with Gasteiger partial charge in [-0.1, -0.05) is 0 Å². The third kappa shape index (κ3) is 5.40. The van der Waals surface area contributed by atoms with Crippen LogP contribution in [0.5, 0.6) is 0 Å². The Morgan fingerprint density at radius 1 is 1.00 bits per heavy atom. The van der Waals surface area contributed by atoms with E-state index >= 15 is 0 Å². The second-order valence-electron chi connectivity index (χ2n) is 7.96. The number of piperazine rings is 1. The van der Waals surface area contributed by atoms with Crippen LogP contribution in [0, 0.1) is 0 Å². The molecule has 0 unspecified atom stereocenters. The topological polar surface area (TPSA) is 73.4 Å². The van der Waals surface area contributed by atoms with Crippen LogP contribution in [0.1, 0.15) is 31.1 Å². The highest BCUT2D eigenvalue weighted by Gasteiger charge is 2.16. The summed E-state index contributed by atoms with van der Waals surface area (Å²) in [6.07, 6.45) is 3.07. The van der Waals surface area contributed by atoms with Gasteiger partial charge in [-0.3, -0.25) is 4.79 Å². The molecule has 7 nitrogen and oxygen atoms in total. The van der Waals surface area contributed by atoms with Gasteiger partial charge in [-0.15, -0.1) is 0 Å². The van der Waals surface area contributed by atoms with Crippen molar-refractivity contribution < 1.29 is 4.79 Å². The molecule has 144 valence electrons. The molecule has 1 saturated heterocycles. The van der Waals surface area contributed by atoms with E-state index in [1.807, 2.05) is 32.9 Å². The Morgan fingerprint density at radius 3 is 2.15 bits per heavy atom. The van der Waals surface area contributed by atoms with Crippen LogP contribution in [0.3, 0.4) is 0 Å². The third-order valence-corrected chi connectivity index (χ3v) is 4.39. The van der Waals surface area contributed by atoms with E-state index in [0.29, 0.717) is 11.5 Å². The lowest BCUT2D eigenvalue weighted by molar-refractivity contribution is 0.0919. The SMILES string of the molecule is CN1CCN(c2ccc(Nc3ncc(C(=O)NC(C)(C)C)cn3)cc2)CC1. The summed E-state index contributed by atoms with van der Waals surface area (Å²) in [5, 5.41) is 6.07. The average molecular weight is 368 g/mol. The molecule has 0 saturated carbocycles. The van der Waals surface area contributed by atoms with Crippen LogP contribution in [0.4, 0.5) is 17.3 Å². The highest BCUT2D eigenvalue weighted by atomic mass is 16.1. The van der Waals surface area contributed by atoms with E-state index in [9.17, 15) is 4.79 Å². The van der Waals surface area contributed by atoms with Gasteiger partial charge in [0, 0.05) is 55.5 Å². The van der Waals surface area contributed by atoms with Gasteiger partial charge in [0.25, 0.3) is 5.91 Å². The average Bonchev–Trinajstić information content (AvgIpc) is 2.62. The molecule has 2 aromatic rings. The van der Waals surface area contributed by atoms with E-state index in [-0.39, 0.29) is 11.4 Å². The zero-order valence-electron chi connectivity index (χ0n) is 16.5. The summed E-state index contributed by atoms with van der Waals surface area (Å²) in [5.74, 6) is 0.292. The summed E-state index contributed by atoms with van der Waals surface area (Å²) < 4.78 is 0. The van der Waals surface area contributed by atoms with Crippen LogP contribution in [0.15, 0.2) is 36.7 Å². The van der Waals surface area contributed by atoms with Crippen molar-refractivity contribution in [1.29, 1.82) is 0 Å². The number of anilines is 3. The fourth-order valence-electron chi connectivity index (χ4n) is 2.87. The van der Waals surface area contributed by atoms with Crippen LogP contribution in [-0.4, -0.2) is 59.5 Å². The highest BCUT2D eigenvalue weighted by molar-refractivity contribution is 5.94. The molecule has 0 aliphatic carbocycles. The molecule has 1 aliphatic heterocycles. The number of benzene rings is 1. The van der Waals surface area contributed by atoms with Gasteiger partial charge in [0.15, 0.2) is 0 Å². The number of nitrogens with zero attached hydrogens (tertiary/aromatic N) is 4. The van der Waals surface area contributed by atoms with E-state index in [2.05, 4.69) is 49.6 Å². The molecular formula is C20H28N6O. The van der Waals surface area contributed by atoms with Gasteiger partial charge in [0.1, 0.15) is 0 Å². The fourth-order valence-corrected chi connectivity index (χ4v) is 2.87. The van der Waals surface area contributed by atoms with E-state index in [0.717, 1.165) is 31.9 Å². The normalized spacial score (nSPS) is 15.5. The summed E-state index contributed by atoms with van der Waals surface area (Å²) in [6, 6.07) is 8.27. The molecule has 3 rings (SSSR count). The Bertz CT molecular complexity index is 759. The number of aromatic nitrogens is 2. The highest BCUT2D eigenvalue weighted by Crippen LogP contribution is 2.20. The second kappa shape index (κ2) is 7.92. The van der Waals surface area contributed by atoms with Crippen LogP contribution < -0.4 is 15.5 Å². The summed E-state index contributed by atoms with van der Waals surface area (Å²) in [5.41, 5.74) is 2.30. The van der Waals surface area contributed by atoms with E-state index in [1.165, 1.54) is 18.1 Å². The first-order chi connectivity index (χ1) is 12.8. The number of hydrogen-bond acceptors (Lipinski definition) is 6. The van der Waals surface area contributed by atoms with Crippen molar-refractivity contribution in [3.63, 3.8) is 0 Å². The second-order valence-corrected chi connectivity index (χ2v) is 7.96. The Balaban J connectivity index is 1.59. The van der Waals surface area contributed by atoms with Crippen molar-refractivity contribution in [3.05, 3.63) is 42.2 Å². The van der Waals surface area contributed by atoms with Crippen molar-refractivity contribution in [2.24, 2.45) is 0 Å². The minimum absolute atomic E-state index is 0.175. The Kier molecular flexibility index (Phi) is 5.60. The Labute approximate surface area is 160 Å². The smallest absolute Gasteiger partial charge is 0.254 e. The van der Waals surface area contributed by atoms with Crippen molar-refractivity contribution in [1.82, 2.24) is 20.2 Å². The van der Waals surface area contributed by atoms with Crippen molar-refractivity contribution in [3.8, 4) is 0 Å². The Morgan fingerprint density at radius 2 is 1.59 bits per heavy atom. The lowest BCUT2D eigenvalue weighted by Gasteiger charge is -2.34. The molecule has 1 aromatic carbocycles. The van der Waals surface area contributed by atoms with Gasteiger partial charge in [-0.05, 0) is 52.1 Å². The quantitative estimate of drug-likeness (QED) is 0.864. The van der Waals surface area contributed by atoms with Crippen molar-refractivity contribution in [2.75, 3.05) is 43.4 Å². The van der Waals surface area contributed by atoms with Gasteiger partial charge in [0.2, 0.25) is 5.95 Å².